The minimum absolute atomic E-state index is 0.0437. The van der Waals surface area contributed by atoms with Gasteiger partial charge in [0.1, 0.15) is 0 Å². The molecule has 3 atom stereocenters. The number of amides is 1. The average molecular weight is 269 g/mol. The van der Waals surface area contributed by atoms with Crippen LogP contribution in [-0.2, 0) is 9.59 Å². The fourth-order valence-electron chi connectivity index (χ4n) is 2.67. The van der Waals surface area contributed by atoms with Gasteiger partial charge in [0.2, 0.25) is 5.91 Å². The van der Waals surface area contributed by atoms with E-state index in [2.05, 4.69) is 19.2 Å². The van der Waals surface area contributed by atoms with Gasteiger partial charge in [0.15, 0.2) is 0 Å². The number of hydrogen-bond donors (Lipinski definition) is 2. The summed E-state index contributed by atoms with van der Waals surface area (Å²) in [6, 6.07) is 0.181. The van der Waals surface area contributed by atoms with E-state index in [1.54, 1.807) is 0 Å². The summed E-state index contributed by atoms with van der Waals surface area (Å²) in [5.74, 6) is -0.523. The summed E-state index contributed by atoms with van der Waals surface area (Å²) < 4.78 is 0. The highest BCUT2D eigenvalue weighted by Crippen LogP contribution is 2.29. The molecule has 0 aromatic carbocycles. The molecule has 1 amide bonds. The summed E-state index contributed by atoms with van der Waals surface area (Å²) in [5.41, 5.74) is 0. The molecule has 1 saturated carbocycles. The van der Waals surface area contributed by atoms with Gasteiger partial charge in [-0.05, 0) is 44.9 Å². The Labute approximate surface area is 116 Å². The SMILES string of the molecule is CC(C)CCC(C)NC(=O)C1CCCC(C(=O)O)C1. The van der Waals surface area contributed by atoms with Crippen molar-refractivity contribution in [3.8, 4) is 0 Å². The van der Waals surface area contributed by atoms with E-state index >= 15 is 0 Å². The molecule has 1 rings (SSSR count). The first-order chi connectivity index (χ1) is 8.90. The molecule has 1 aliphatic carbocycles. The topological polar surface area (TPSA) is 66.4 Å². The highest BCUT2D eigenvalue weighted by atomic mass is 16.4. The maximum Gasteiger partial charge on any atom is 0.306 e. The van der Waals surface area contributed by atoms with Crippen molar-refractivity contribution in [2.45, 2.75) is 65.3 Å². The predicted molar refractivity (Wildman–Crippen MR) is 74.8 cm³/mol. The van der Waals surface area contributed by atoms with Crippen molar-refractivity contribution in [3.63, 3.8) is 0 Å². The first-order valence-corrected chi connectivity index (χ1v) is 7.43. The number of nitrogens with one attached hydrogen (secondary N) is 1. The molecule has 1 aliphatic rings. The molecular formula is C15H27NO3. The van der Waals surface area contributed by atoms with Crippen LogP contribution in [0.1, 0.15) is 59.3 Å². The van der Waals surface area contributed by atoms with E-state index in [0.717, 1.165) is 25.7 Å². The molecule has 3 unspecified atom stereocenters. The molecule has 0 aromatic heterocycles. The fraction of sp³-hybridized carbons (Fsp3) is 0.867. The lowest BCUT2D eigenvalue weighted by Crippen LogP contribution is -2.40. The van der Waals surface area contributed by atoms with Crippen LogP contribution in [0.25, 0.3) is 0 Å². The second-order valence-corrected chi connectivity index (χ2v) is 6.28. The number of carboxylic acids is 1. The summed E-state index contributed by atoms with van der Waals surface area (Å²) in [7, 11) is 0. The Kier molecular flexibility index (Phi) is 6.32. The van der Waals surface area contributed by atoms with Crippen LogP contribution in [-0.4, -0.2) is 23.0 Å². The van der Waals surface area contributed by atoms with Crippen LogP contribution in [0.2, 0.25) is 0 Å². The third-order valence-electron chi connectivity index (χ3n) is 3.96. The van der Waals surface area contributed by atoms with E-state index < -0.39 is 5.97 Å². The van der Waals surface area contributed by atoms with Gasteiger partial charge in [-0.1, -0.05) is 20.3 Å². The lowest BCUT2D eigenvalue weighted by atomic mass is 9.81. The van der Waals surface area contributed by atoms with Gasteiger partial charge in [-0.15, -0.1) is 0 Å². The molecule has 0 bridgehead atoms. The molecule has 0 saturated heterocycles. The van der Waals surface area contributed by atoms with Crippen molar-refractivity contribution in [1.82, 2.24) is 5.32 Å². The molecule has 0 heterocycles. The Morgan fingerprint density at radius 2 is 1.79 bits per heavy atom. The van der Waals surface area contributed by atoms with Gasteiger partial charge >= 0.3 is 5.97 Å². The Bertz CT molecular complexity index is 315. The van der Waals surface area contributed by atoms with Crippen LogP contribution in [0.3, 0.4) is 0 Å². The smallest absolute Gasteiger partial charge is 0.306 e. The average Bonchev–Trinajstić information content (AvgIpc) is 2.36. The summed E-state index contributed by atoms with van der Waals surface area (Å²) in [6.07, 6.45) is 4.96. The molecular weight excluding hydrogens is 242 g/mol. The first kappa shape index (κ1) is 16.0. The van der Waals surface area contributed by atoms with Crippen LogP contribution in [0.5, 0.6) is 0 Å². The van der Waals surface area contributed by atoms with Crippen molar-refractivity contribution >= 4 is 11.9 Å². The highest BCUT2D eigenvalue weighted by Gasteiger charge is 2.31. The lowest BCUT2D eigenvalue weighted by molar-refractivity contribution is -0.144. The third kappa shape index (κ3) is 5.62. The Hall–Kier alpha value is -1.06. The molecule has 0 aromatic rings. The molecule has 0 spiro atoms. The van der Waals surface area contributed by atoms with E-state index in [-0.39, 0.29) is 23.8 Å². The molecule has 4 nitrogen and oxygen atoms in total. The predicted octanol–water partition coefficient (Wildman–Crippen LogP) is 2.82. The van der Waals surface area contributed by atoms with Crippen LogP contribution in [0.15, 0.2) is 0 Å². The molecule has 1 fully saturated rings. The van der Waals surface area contributed by atoms with E-state index in [0.29, 0.717) is 18.8 Å². The van der Waals surface area contributed by atoms with E-state index in [4.69, 9.17) is 5.11 Å². The van der Waals surface area contributed by atoms with Gasteiger partial charge in [-0.2, -0.15) is 0 Å². The van der Waals surface area contributed by atoms with Gasteiger partial charge in [-0.3, -0.25) is 9.59 Å². The number of hydrogen-bond acceptors (Lipinski definition) is 2. The molecule has 19 heavy (non-hydrogen) atoms. The molecule has 0 aliphatic heterocycles. The normalized spacial score (nSPS) is 25.1. The van der Waals surface area contributed by atoms with Crippen LogP contribution < -0.4 is 5.32 Å². The first-order valence-electron chi connectivity index (χ1n) is 7.43. The summed E-state index contributed by atoms with van der Waals surface area (Å²) in [4.78, 5) is 23.1. The summed E-state index contributed by atoms with van der Waals surface area (Å²) >= 11 is 0. The minimum Gasteiger partial charge on any atom is -0.481 e. The van der Waals surface area contributed by atoms with E-state index in [9.17, 15) is 9.59 Å². The minimum atomic E-state index is -0.759. The number of carbonyl (C=O) groups is 2. The van der Waals surface area contributed by atoms with E-state index in [1.807, 2.05) is 6.92 Å². The van der Waals surface area contributed by atoms with Gasteiger partial charge < -0.3 is 10.4 Å². The van der Waals surface area contributed by atoms with Crippen molar-refractivity contribution in [2.24, 2.45) is 17.8 Å². The quantitative estimate of drug-likeness (QED) is 0.779. The zero-order valence-corrected chi connectivity index (χ0v) is 12.3. The monoisotopic (exact) mass is 269 g/mol. The fourth-order valence-corrected chi connectivity index (χ4v) is 2.67. The standard InChI is InChI=1S/C15H27NO3/c1-10(2)7-8-11(3)16-14(17)12-5-4-6-13(9-12)15(18)19/h10-13H,4-9H2,1-3H3,(H,16,17)(H,18,19). The maximum atomic E-state index is 12.1. The zero-order valence-electron chi connectivity index (χ0n) is 12.3. The largest absolute Gasteiger partial charge is 0.481 e. The van der Waals surface area contributed by atoms with Crippen molar-refractivity contribution in [2.75, 3.05) is 0 Å². The van der Waals surface area contributed by atoms with Gasteiger partial charge in [0.05, 0.1) is 5.92 Å². The van der Waals surface area contributed by atoms with Crippen LogP contribution >= 0.6 is 0 Å². The maximum absolute atomic E-state index is 12.1. The Balaban J connectivity index is 2.38. The number of carbonyl (C=O) groups excluding carboxylic acids is 1. The number of carboxylic acid groups (broad SMARTS) is 1. The Morgan fingerprint density at radius 3 is 2.37 bits per heavy atom. The summed E-state index contributed by atoms with van der Waals surface area (Å²) in [5, 5.41) is 12.1. The van der Waals surface area contributed by atoms with Gasteiger partial charge in [0, 0.05) is 12.0 Å². The second-order valence-electron chi connectivity index (χ2n) is 6.28. The van der Waals surface area contributed by atoms with Crippen molar-refractivity contribution in [3.05, 3.63) is 0 Å². The second kappa shape index (κ2) is 7.51. The molecule has 110 valence electrons. The number of aliphatic carboxylic acids is 1. The van der Waals surface area contributed by atoms with Gasteiger partial charge in [-0.25, -0.2) is 0 Å². The molecule has 2 N–H and O–H groups in total. The Morgan fingerprint density at radius 1 is 1.16 bits per heavy atom. The molecule has 4 heteroatoms. The highest BCUT2D eigenvalue weighted by molar-refractivity contribution is 5.80. The van der Waals surface area contributed by atoms with Crippen molar-refractivity contribution in [1.29, 1.82) is 0 Å². The van der Waals surface area contributed by atoms with Gasteiger partial charge in [0.25, 0.3) is 0 Å². The van der Waals surface area contributed by atoms with Crippen LogP contribution in [0, 0.1) is 17.8 Å². The van der Waals surface area contributed by atoms with Crippen LogP contribution in [0.4, 0.5) is 0 Å². The zero-order chi connectivity index (χ0) is 14.4. The van der Waals surface area contributed by atoms with Crippen molar-refractivity contribution < 1.29 is 14.7 Å². The molecule has 0 radical (unpaired) electrons. The third-order valence-corrected chi connectivity index (χ3v) is 3.96. The lowest BCUT2D eigenvalue weighted by Gasteiger charge is -2.27. The number of rotatable bonds is 6. The van der Waals surface area contributed by atoms with E-state index in [1.165, 1.54) is 0 Å². The summed E-state index contributed by atoms with van der Waals surface area (Å²) in [6.45, 7) is 6.37.